The minimum absolute atomic E-state index is 0.0381. The Hall–Kier alpha value is -3.98. The maximum absolute atomic E-state index is 14.8. The number of halogens is 5. The average molecular weight is 535 g/mol. The quantitative estimate of drug-likeness (QED) is 0.289. The van der Waals surface area contributed by atoms with Crippen LogP contribution in [-0.4, -0.2) is 30.2 Å². The number of nitrogens with zero attached hydrogens (tertiary/aromatic N) is 4. The second kappa shape index (κ2) is 9.48. The van der Waals surface area contributed by atoms with Gasteiger partial charge in [0.2, 0.25) is 0 Å². The first-order valence-electron chi connectivity index (χ1n) is 11.0. The first-order valence-corrected chi connectivity index (χ1v) is 12.4. The van der Waals surface area contributed by atoms with Crippen molar-refractivity contribution in [2.75, 3.05) is 4.31 Å². The molecule has 12 heteroatoms. The van der Waals surface area contributed by atoms with Crippen LogP contribution in [0.15, 0.2) is 65.8 Å². The molecule has 2 aromatic heterocycles. The Bertz CT molecular complexity index is 1630. The first kappa shape index (κ1) is 26.1. The van der Waals surface area contributed by atoms with Gasteiger partial charge in [-0.05, 0) is 61.4 Å². The lowest BCUT2D eigenvalue weighted by Gasteiger charge is -2.32. The van der Waals surface area contributed by atoms with Gasteiger partial charge in [-0.1, -0.05) is 13.0 Å². The number of fused-ring (bicyclic) bond motifs is 1. The molecule has 4 aromatic rings. The number of sulfonamides is 1. The molecule has 4 rings (SSSR count). The largest absolute Gasteiger partial charge is 0.409 e. The molecule has 0 saturated carbocycles. The maximum atomic E-state index is 14.8. The van der Waals surface area contributed by atoms with E-state index in [-0.39, 0.29) is 32.9 Å². The standard InChI is InChI=1S/C25H19F5N4O2S/c1-3-16-10-23-20(12-22(16)27)21(13-31)24(33(23)18-7-4-6-17(26)11-18)34(15(2)25(28,29)30)37(35,36)19-8-5-9-32-14-19/h4-12,14-15H,3H2,1-2H3/t15-/m0/s1. The second-order valence-corrected chi connectivity index (χ2v) is 9.96. The summed E-state index contributed by atoms with van der Waals surface area (Å²) in [7, 11) is -4.99. The zero-order chi connectivity index (χ0) is 27.1. The summed E-state index contributed by atoms with van der Waals surface area (Å²) in [5.74, 6) is -2.18. The fourth-order valence-corrected chi connectivity index (χ4v) is 5.66. The number of hydrogen-bond donors (Lipinski definition) is 0. The molecular formula is C25H19F5N4O2S. The van der Waals surface area contributed by atoms with Crippen LogP contribution < -0.4 is 4.31 Å². The number of rotatable bonds is 6. The van der Waals surface area contributed by atoms with Gasteiger partial charge in [-0.25, -0.2) is 21.5 Å². The van der Waals surface area contributed by atoms with Crippen LogP contribution in [0.2, 0.25) is 0 Å². The highest BCUT2D eigenvalue weighted by Gasteiger charge is 2.48. The third-order valence-corrected chi connectivity index (χ3v) is 7.74. The molecule has 0 fully saturated rings. The van der Waals surface area contributed by atoms with Crippen LogP contribution in [0, 0.1) is 23.0 Å². The molecule has 37 heavy (non-hydrogen) atoms. The van der Waals surface area contributed by atoms with Gasteiger partial charge in [0.05, 0.1) is 11.2 Å². The van der Waals surface area contributed by atoms with Gasteiger partial charge >= 0.3 is 6.18 Å². The van der Waals surface area contributed by atoms with Crippen molar-refractivity contribution in [1.82, 2.24) is 9.55 Å². The number of aromatic nitrogens is 2. The number of alkyl halides is 3. The third kappa shape index (κ3) is 4.51. The summed E-state index contributed by atoms with van der Waals surface area (Å²) in [4.78, 5) is 3.14. The van der Waals surface area contributed by atoms with E-state index in [1.807, 2.05) is 0 Å². The van der Waals surface area contributed by atoms with E-state index in [1.54, 1.807) is 13.0 Å². The number of hydrogen-bond acceptors (Lipinski definition) is 4. The Balaban J connectivity index is 2.23. The molecule has 0 N–H and O–H groups in total. The Labute approximate surface area is 209 Å². The third-order valence-electron chi connectivity index (χ3n) is 5.89. The number of benzene rings is 2. The van der Waals surface area contributed by atoms with Gasteiger partial charge in [0, 0.05) is 17.8 Å². The lowest BCUT2D eigenvalue weighted by molar-refractivity contribution is -0.142. The van der Waals surface area contributed by atoms with Gasteiger partial charge < -0.3 is 0 Å². The molecule has 0 aliphatic carbocycles. The summed E-state index contributed by atoms with van der Waals surface area (Å²) < 4.78 is 100. The molecule has 1 atom stereocenters. The van der Waals surface area contributed by atoms with Crippen molar-refractivity contribution in [3.05, 3.63) is 83.7 Å². The fraction of sp³-hybridized carbons (Fsp3) is 0.200. The number of anilines is 1. The highest BCUT2D eigenvalue weighted by Crippen LogP contribution is 2.42. The molecule has 2 heterocycles. The van der Waals surface area contributed by atoms with Gasteiger partial charge in [-0.2, -0.15) is 18.4 Å². The minimum Gasteiger partial charge on any atom is -0.294 e. The van der Waals surface area contributed by atoms with E-state index in [0.717, 1.165) is 35.0 Å². The first-order chi connectivity index (χ1) is 17.4. The monoisotopic (exact) mass is 534 g/mol. The minimum atomic E-state index is -5.08. The Kier molecular flexibility index (Phi) is 6.68. The van der Waals surface area contributed by atoms with Gasteiger partial charge in [0.1, 0.15) is 40.0 Å². The predicted molar refractivity (Wildman–Crippen MR) is 127 cm³/mol. The van der Waals surface area contributed by atoms with Crippen LogP contribution in [0.5, 0.6) is 0 Å². The van der Waals surface area contributed by atoms with Crippen molar-refractivity contribution < 1.29 is 30.4 Å². The highest BCUT2D eigenvalue weighted by atomic mass is 32.2. The molecule has 6 nitrogen and oxygen atoms in total. The molecule has 0 radical (unpaired) electrons. The van der Waals surface area contributed by atoms with E-state index in [0.29, 0.717) is 6.92 Å². The smallest absolute Gasteiger partial charge is 0.294 e. The van der Waals surface area contributed by atoms with Crippen molar-refractivity contribution in [1.29, 1.82) is 5.26 Å². The summed E-state index contributed by atoms with van der Waals surface area (Å²) in [6.07, 6.45) is -2.76. The van der Waals surface area contributed by atoms with Crippen LogP contribution >= 0.6 is 0 Å². The van der Waals surface area contributed by atoms with Crippen molar-refractivity contribution in [2.24, 2.45) is 0 Å². The maximum Gasteiger partial charge on any atom is 0.409 e. The van der Waals surface area contributed by atoms with Gasteiger partial charge in [0.25, 0.3) is 10.0 Å². The molecule has 0 amide bonds. The zero-order valence-electron chi connectivity index (χ0n) is 19.5. The predicted octanol–water partition coefficient (Wildman–Crippen LogP) is 5.88. The van der Waals surface area contributed by atoms with Crippen LogP contribution in [0.1, 0.15) is 25.0 Å². The van der Waals surface area contributed by atoms with E-state index in [1.165, 1.54) is 30.5 Å². The Morgan fingerprint density at radius 1 is 1.14 bits per heavy atom. The highest BCUT2D eigenvalue weighted by molar-refractivity contribution is 7.92. The van der Waals surface area contributed by atoms with E-state index in [2.05, 4.69) is 4.98 Å². The summed E-state index contributed by atoms with van der Waals surface area (Å²) >= 11 is 0. The molecule has 0 aliphatic heterocycles. The van der Waals surface area contributed by atoms with Crippen molar-refractivity contribution in [2.45, 2.75) is 37.4 Å². The van der Waals surface area contributed by atoms with Crippen LogP contribution in [0.3, 0.4) is 0 Å². The fourth-order valence-electron chi connectivity index (χ4n) is 4.05. The van der Waals surface area contributed by atoms with E-state index in [9.17, 15) is 35.6 Å². The van der Waals surface area contributed by atoms with Crippen molar-refractivity contribution in [3.63, 3.8) is 0 Å². The van der Waals surface area contributed by atoms with Gasteiger partial charge in [-0.15, -0.1) is 0 Å². The molecule has 192 valence electrons. The normalized spacial score (nSPS) is 12.9. The average Bonchev–Trinajstić information content (AvgIpc) is 3.15. The van der Waals surface area contributed by atoms with Gasteiger partial charge in [0.15, 0.2) is 0 Å². The summed E-state index contributed by atoms with van der Waals surface area (Å²) in [5, 5.41) is 9.92. The topological polar surface area (TPSA) is 79.0 Å². The lowest BCUT2D eigenvalue weighted by Crippen LogP contribution is -2.48. The molecular weight excluding hydrogens is 515 g/mol. The van der Waals surface area contributed by atoms with E-state index >= 15 is 0 Å². The van der Waals surface area contributed by atoms with E-state index in [4.69, 9.17) is 0 Å². The molecule has 2 aromatic carbocycles. The molecule has 0 saturated heterocycles. The Morgan fingerprint density at radius 2 is 1.86 bits per heavy atom. The molecule has 0 aliphatic rings. The lowest BCUT2D eigenvalue weighted by atomic mass is 10.1. The van der Waals surface area contributed by atoms with E-state index < -0.39 is 50.2 Å². The van der Waals surface area contributed by atoms with Gasteiger partial charge in [-0.3, -0.25) is 9.55 Å². The molecule has 0 bridgehead atoms. The molecule has 0 unspecified atom stereocenters. The SMILES string of the molecule is CCc1cc2c(cc1F)c(C#N)c(N([C@@H](C)C(F)(F)F)S(=O)(=O)c1cccnc1)n2-c1cccc(F)c1. The summed E-state index contributed by atoms with van der Waals surface area (Å²) in [5.41, 5.74) is -0.374. The number of pyridine rings is 1. The Morgan fingerprint density at radius 3 is 2.43 bits per heavy atom. The van der Waals surface area contributed by atoms with Crippen molar-refractivity contribution >= 4 is 26.7 Å². The molecule has 0 spiro atoms. The second-order valence-electron chi connectivity index (χ2n) is 8.15. The summed E-state index contributed by atoms with van der Waals surface area (Å²) in [6, 6.07) is 8.36. The summed E-state index contributed by atoms with van der Waals surface area (Å²) in [6.45, 7) is 2.28. The number of aryl methyl sites for hydroxylation is 1. The van der Waals surface area contributed by atoms with Crippen molar-refractivity contribution in [3.8, 4) is 11.8 Å². The van der Waals surface area contributed by atoms with Crippen LogP contribution in [0.25, 0.3) is 16.6 Å². The number of nitriles is 1. The zero-order valence-corrected chi connectivity index (χ0v) is 20.3. The van der Waals surface area contributed by atoms with Crippen LogP contribution in [-0.2, 0) is 16.4 Å². The van der Waals surface area contributed by atoms with Crippen LogP contribution in [0.4, 0.5) is 27.8 Å².